The normalized spacial score (nSPS) is 14.6. The lowest BCUT2D eigenvalue weighted by molar-refractivity contribution is 0.298. The van der Waals surface area contributed by atoms with E-state index in [1.807, 2.05) is 0 Å². The largest absolute Gasteiger partial charge is 0.327 e. The molecular formula is C12H30N2Si. The summed E-state index contributed by atoms with van der Waals surface area (Å²) in [7, 11) is -0.798. The maximum atomic E-state index is 3.83. The highest BCUT2D eigenvalue weighted by molar-refractivity contribution is 6.59. The molecule has 15 heavy (non-hydrogen) atoms. The van der Waals surface area contributed by atoms with Crippen molar-refractivity contribution in [1.29, 1.82) is 0 Å². The van der Waals surface area contributed by atoms with Crippen molar-refractivity contribution in [2.75, 3.05) is 19.8 Å². The quantitative estimate of drug-likeness (QED) is 0.534. The van der Waals surface area contributed by atoms with Crippen LogP contribution in [0, 0.1) is 0 Å². The summed E-state index contributed by atoms with van der Waals surface area (Å²) in [4.78, 5) is 6.29. The summed E-state index contributed by atoms with van der Waals surface area (Å²) in [5, 5.41) is 0.503. The smallest absolute Gasteiger partial charge is 0.115 e. The molecule has 0 aromatic carbocycles. The average Bonchev–Trinajstić information content (AvgIpc) is 2.16. The van der Waals surface area contributed by atoms with E-state index in [1.165, 1.54) is 12.5 Å². The molecule has 0 saturated carbocycles. The minimum Gasteiger partial charge on any atom is -0.327 e. The predicted molar refractivity (Wildman–Crippen MR) is 72.9 cm³/mol. The van der Waals surface area contributed by atoms with Gasteiger partial charge in [0.25, 0.3) is 0 Å². The fraction of sp³-hybridized carbons (Fsp3) is 1.00. The summed E-state index contributed by atoms with van der Waals surface area (Å²) in [5.41, 5.74) is 0. The van der Waals surface area contributed by atoms with Crippen LogP contribution in [0.1, 0.15) is 48.0 Å². The molecule has 0 bridgehead atoms. The molecule has 1 N–H and O–H groups in total. The highest BCUT2D eigenvalue weighted by atomic mass is 28.3. The zero-order valence-corrected chi connectivity index (χ0v) is 12.7. The van der Waals surface area contributed by atoms with Gasteiger partial charge >= 0.3 is 0 Å². The van der Waals surface area contributed by atoms with E-state index in [2.05, 4.69) is 51.4 Å². The lowest BCUT2D eigenvalue weighted by atomic mass is 10.2. The van der Waals surface area contributed by atoms with Gasteiger partial charge in [-0.25, -0.2) is 0 Å². The maximum Gasteiger partial charge on any atom is 0.115 e. The van der Waals surface area contributed by atoms with Crippen molar-refractivity contribution >= 4 is 8.96 Å². The summed E-state index contributed by atoms with van der Waals surface area (Å²) in [5.74, 6) is 0. The second-order valence-corrected chi connectivity index (χ2v) is 9.20. The Labute approximate surface area is 98.1 Å². The molecule has 0 rings (SSSR count). The fourth-order valence-electron chi connectivity index (χ4n) is 1.82. The number of rotatable bonds is 7. The van der Waals surface area contributed by atoms with Crippen LogP contribution in [0.15, 0.2) is 0 Å². The van der Waals surface area contributed by atoms with Crippen LogP contribution in [0.25, 0.3) is 0 Å². The molecule has 0 heterocycles. The highest BCUT2D eigenvalue weighted by Gasteiger charge is 2.25. The molecule has 0 aliphatic carbocycles. The second kappa shape index (κ2) is 7.42. The Hall–Kier alpha value is 0.137. The topological polar surface area (TPSA) is 15.3 Å². The molecule has 0 amide bonds. The zero-order chi connectivity index (χ0) is 11.9. The number of hydrogen-bond donors (Lipinski definition) is 1. The molecule has 0 fully saturated rings. The van der Waals surface area contributed by atoms with Crippen LogP contribution in [0.3, 0.4) is 0 Å². The first-order valence-electron chi connectivity index (χ1n) is 6.41. The Morgan fingerprint density at radius 2 is 1.60 bits per heavy atom. The minimum absolute atomic E-state index is 0.503. The van der Waals surface area contributed by atoms with Crippen LogP contribution in [0.5, 0.6) is 0 Å². The van der Waals surface area contributed by atoms with Gasteiger partial charge in [-0.05, 0) is 24.2 Å². The van der Waals surface area contributed by atoms with E-state index in [4.69, 9.17) is 0 Å². The van der Waals surface area contributed by atoms with Gasteiger partial charge in [0.2, 0.25) is 0 Å². The summed E-state index contributed by atoms with van der Waals surface area (Å²) >= 11 is 0. The fourth-order valence-corrected chi connectivity index (χ4v) is 4.55. The zero-order valence-electron chi connectivity index (χ0n) is 11.6. The van der Waals surface area contributed by atoms with E-state index >= 15 is 0 Å². The third kappa shape index (κ3) is 6.33. The lowest BCUT2D eigenvalue weighted by Crippen LogP contribution is -2.47. The predicted octanol–water partition coefficient (Wildman–Crippen LogP) is 2.81. The Morgan fingerprint density at radius 1 is 1.07 bits per heavy atom. The molecule has 0 spiro atoms. The van der Waals surface area contributed by atoms with Crippen molar-refractivity contribution < 1.29 is 0 Å². The molecule has 92 valence electrons. The van der Waals surface area contributed by atoms with Crippen LogP contribution in [-0.2, 0) is 0 Å². The SMILES string of the molecule is CCC[SiH](NCN(CC)CC)C(C)(C)C. The molecule has 0 radical (unpaired) electrons. The van der Waals surface area contributed by atoms with Crippen LogP contribution in [-0.4, -0.2) is 33.6 Å². The standard InChI is InChI=1S/C12H30N2Si/c1-7-10-15(12(4,5)6)13-11-14(8-2)9-3/h13,15H,7-11H2,1-6H3. The monoisotopic (exact) mass is 230 g/mol. The summed E-state index contributed by atoms with van der Waals surface area (Å²) in [6.45, 7) is 17.3. The van der Waals surface area contributed by atoms with Crippen molar-refractivity contribution in [3.63, 3.8) is 0 Å². The molecule has 0 aliphatic rings. The summed E-state index contributed by atoms with van der Waals surface area (Å²) in [6, 6.07) is 1.41. The molecular weight excluding hydrogens is 200 g/mol. The van der Waals surface area contributed by atoms with Crippen molar-refractivity contribution in [2.45, 2.75) is 59.0 Å². The number of nitrogens with one attached hydrogen (secondary N) is 1. The molecule has 2 nitrogen and oxygen atoms in total. The van der Waals surface area contributed by atoms with E-state index in [0.717, 1.165) is 19.8 Å². The Bertz CT molecular complexity index is 150. The van der Waals surface area contributed by atoms with Crippen LogP contribution in [0.4, 0.5) is 0 Å². The van der Waals surface area contributed by atoms with Crippen molar-refractivity contribution in [1.82, 2.24) is 9.88 Å². The maximum absolute atomic E-state index is 3.83. The molecule has 3 heteroatoms. The van der Waals surface area contributed by atoms with Crippen molar-refractivity contribution in [3.05, 3.63) is 0 Å². The first-order valence-corrected chi connectivity index (χ1v) is 8.38. The van der Waals surface area contributed by atoms with Gasteiger partial charge in [-0.15, -0.1) is 0 Å². The van der Waals surface area contributed by atoms with E-state index in [9.17, 15) is 0 Å². The van der Waals surface area contributed by atoms with Crippen molar-refractivity contribution in [2.24, 2.45) is 0 Å². The van der Waals surface area contributed by atoms with Crippen LogP contribution >= 0.6 is 0 Å². The van der Waals surface area contributed by atoms with Gasteiger partial charge in [0.05, 0.1) is 0 Å². The van der Waals surface area contributed by atoms with E-state index in [-0.39, 0.29) is 0 Å². The number of hydrogen-bond acceptors (Lipinski definition) is 2. The molecule has 0 saturated heterocycles. The van der Waals surface area contributed by atoms with Gasteiger partial charge < -0.3 is 4.98 Å². The van der Waals surface area contributed by atoms with Crippen LogP contribution < -0.4 is 4.98 Å². The van der Waals surface area contributed by atoms with Gasteiger partial charge in [0, 0.05) is 6.67 Å². The Morgan fingerprint density at radius 3 is 1.93 bits per heavy atom. The summed E-state index contributed by atoms with van der Waals surface area (Å²) < 4.78 is 0. The summed E-state index contributed by atoms with van der Waals surface area (Å²) in [6.07, 6.45) is 1.32. The van der Waals surface area contributed by atoms with Gasteiger partial charge in [-0.1, -0.05) is 48.0 Å². The molecule has 0 aromatic rings. The minimum atomic E-state index is -0.798. The van der Waals surface area contributed by atoms with E-state index in [1.54, 1.807) is 0 Å². The molecule has 1 atom stereocenters. The first kappa shape index (κ1) is 15.1. The van der Waals surface area contributed by atoms with E-state index < -0.39 is 8.96 Å². The van der Waals surface area contributed by atoms with E-state index in [0.29, 0.717) is 5.04 Å². The van der Waals surface area contributed by atoms with Gasteiger partial charge in [-0.3, -0.25) is 4.90 Å². The van der Waals surface area contributed by atoms with Crippen molar-refractivity contribution in [3.8, 4) is 0 Å². The lowest BCUT2D eigenvalue weighted by Gasteiger charge is -2.32. The molecule has 0 aliphatic heterocycles. The second-order valence-electron chi connectivity index (χ2n) is 5.37. The van der Waals surface area contributed by atoms with Gasteiger partial charge in [0.1, 0.15) is 8.96 Å². The number of nitrogens with zero attached hydrogens (tertiary/aromatic N) is 1. The third-order valence-corrected chi connectivity index (χ3v) is 7.00. The Kier molecular flexibility index (Phi) is 7.48. The third-order valence-electron chi connectivity index (χ3n) is 3.08. The Balaban J connectivity index is 4.06. The van der Waals surface area contributed by atoms with Gasteiger partial charge in [-0.2, -0.15) is 0 Å². The van der Waals surface area contributed by atoms with Crippen LogP contribution in [0.2, 0.25) is 11.1 Å². The highest BCUT2D eigenvalue weighted by Crippen LogP contribution is 2.28. The average molecular weight is 230 g/mol. The van der Waals surface area contributed by atoms with Gasteiger partial charge in [0.15, 0.2) is 0 Å². The molecule has 1 unspecified atom stereocenters. The first-order chi connectivity index (χ1) is 6.95. The molecule has 0 aromatic heterocycles.